The Balaban J connectivity index is 2.37. The Bertz CT molecular complexity index is 374. The summed E-state index contributed by atoms with van der Waals surface area (Å²) in [5, 5.41) is 5.75. The van der Waals surface area contributed by atoms with Gasteiger partial charge in [0.05, 0.1) is 12.2 Å². The van der Waals surface area contributed by atoms with Gasteiger partial charge in [-0.05, 0) is 17.5 Å². The van der Waals surface area contributed by atoms with Gasteiger partial charge in [-0.3, -0.25) is 4.79 Å². The van der Waals surface area contributed by atoms with E-state index in [-0.39, 0.29) is 5.91 Å². The summed E-state index contributed by atoms with van der Waals surface area (Å²) in [5.74, 6) is 1.17. The number of hydrogen-bond donors (Lipinski definition) is 2. The highest BCUT2D eigenvalue weighted by Crippen LogP contribution is 2.25. The van der Waals surface area contributed by atoms with Gasteiger partial charge in [-0.1, -0.05) is 13.8 Å². The normalized spacial score (nSPS) is 14.6. The molecule has 14 heavy (non-hydrogen) atoms. The molecule has 2 heterocycles. The van der Waals surface area contributed by atoms with Gasteiger partial charge < -0.3 is 10.6 Å². The molecule has 0 unspecified atom stereocenters. The zero-order valence-corrected chi connectivity index (χ0v) is 8.29. The van der Waals surface area contributed by atoms with Crippen LogP contribution in [0, 0.1) is 0 Å². The fourth-order valence-corrected chi connectivity index (χ4v) is 1.39. The largest absolute Gasteiger partial charge is 0.359 e. The first kappa shape index (κ1) is 8.99. The van der Waals surface area contributed by atoms with Crippen LogP contribution >= 0.6 is 0 Å². The SMILES string of the molecule is CC(C)c1cnc2c(c1)NC(=O)CN2. The summed E-state index contributed by atoms with van der Waals surface area (Å²) >= 11 is 0. The molecule has 1 aliphatic rings. The van der Waals surface area contributed by atoms with E-state index in [1.807, 2.05) is 12.3 Å². The van der Waals surface area contributed by atoms with E-state index in [2.05, 4.69) is 29.5 Å². The van der Waals surface area contributed by atoms with Crippen LogP contribution in [0.1, 0.15) is 25.3 Å². The minimum atomic E-state index is -0.0137. The number of amides is 1. The van der Waals surface area contributed by atoms with Crippen molar-refractivity contribution >= 4 is 17.4 Å². The van der Waals surface area contributed by atoms with Gasteiger partial charge in [0.15, 0.2) is 0 Å². The number of rotatable bonds is 1. The lowest BCUT2D eigenvalue weighted by Gasteiger charge is -2.18. The first-order valence-electron chi connectivity index (χ1n) is 4.70. The highest BCUT2D eigenvalue weighted by Gasteiger charge is 2.15. The summed E-state index contributed by atoms with van der Waals surface area (Å²) in [6, 6.07) is 1.97. The van der Waals surface area contributed by atoms with Crippen molar-refractivity contribution in [1.29, 1.82) is 0 Å². The Hall–Kier alpha value is -1.58. The zero-order chi connectivity index (χ0) is 10.1. The second-order valence-corrected chi connectivity index (χ2v) is 3.72. The van der Waals surface area contributed by atoms with E-state index in [0.29, 0.717) is 12.5 Å². The van der Waals surface area contributed by atoms with E-state index in [4.69, 9.17) is 0 Å². The predicted octanol–water partition coefficient (Wildman–Crippen LogP) is 1.57. The number of carbonyl (C=O) groups is 1. The van der Waals surface area contributed by atoms with Gasteiger partial charge in [-0.15, -0.1) is 0 Å². The van der Waals surface area contributed by atoms with E-state index < -0.39 is 0 Å². The molecule has 0 bridgehead atoms. The molecule has 0 aliphatic carbocycles. The van der Waals surface area contributed by atoms with Crippen molar-refractivity contribution < 1.29 is 4.79 Å². The molecule has 2 N–H and O–H groups in total. The van der Waals surface area contributed by atoms with Crippen LogP contribution in [0.15, 0.2) is 12.3 Å². The monoisotopic (exact) mass is 191 g/mol. The summed E-state index contributed by atoms with van der Waals surface area (Å²) in [6.07, 6.45) is 1.84. The summed E-state index contributed by atoms with van der Waals surface area (Å²) in [5.41, 5.74) is 1.92. The minimum Gasteiger partial charge on any atom is -0.359 e. The second kappa shape index (κ2) is 3.29. The van der Waals surface area contributed by atoms with Crippen molar-refractivity contribution in [3.05, 3.63) is 17.8 Å². The number of carbonyl (C=O) groups excluding carboxylic acids is 1. The predicted molar refractivity (Wildman–Crippen MR) is 55.4 cm³/mol. The van der Waals surface area contributed by atoms with Crippen LogP contribution in [-0.2, 0) is 4.79 Å². The van der Waals surface area contributed by atoms with E-state index >= 15 is 0 Å². The molecule has 1 amide bonds. The van der Waals surface area contributed by atoms with Crippen molar-refractivity contribution in [2.45, 2.75) is 19.8 Å². The average Bonchev–Trinajstić information content (AvgIpc) is 2.16. The molecule has 0 saturated carbocycles. The maximum atomic E-state index is 11.1. The van der Waals surface area contributed by atoms with Gasteiger partial charge in [0.2, 0.25) is 5.91 Å². The highest BCUT2D eigenvalue weighted by atomic mass is 16.2. The summed E-state index contributed by atoms with van der Waals surface area (Å²) < 4.78 is 0. The van der Waals surface area contributed by atoms with Crippen molar-refractivity contribution in [3.8, 4) is 0 Å². The number of fused-ring (bicyclic) bond motifs is 1. The lowest BCUT2D eigenvalue weighted by atomic mass is 10.1. The van der Waals surface area contributed by atoms with Crippen molar-refractivity contribution in [2.75, 3.05) is 17.2 Å². The fraction of sp³-hybridized carbons (Fsp3) is 0.400. The maximum absolute atomic E-state index is 11.1. The molecule has 0 radical (unpaired) electrons. The molecular formula is C10H13N3O. The second-order valence-electron chi connectivity index (χ2n) is 3.72. The molecule has 1 aromatic heterocycles. The van der Waals surface area contributed by atoms with Gasteiger partial charge in [0, 0.05) is 6.20 Å². The van der Waals surface area contributed by atoms with E-state index in [1.165, 1.54) is 0 Å². The van der Waals surface area contributed by atoms with Crippen LogP contribution in [0.3, 0.4) is 0 Å². The van der Waals surface area contributed by atoms with Crippen LogP contribution in [0.5, 0.6) is 0 Å². The molecule has 0 aromatic carbocycles. The molecule has 74 valence electrons. The molecule has 0 fully saturated rings. The van der Waals surface area contributed by atoms with E-state index in [9.17, 15) is 4.79 Å². The van der Waals surface area contributed by atoms with Crippen LogP contribution in [0.25, 0.3) is 0 Å². The Labute approximate surface area is 82.7 Å². The molecule has 1 aliphatic heterocycles. The first-order chi connectivity index (χ1) is 6.66. The summed E-state index contributed by atoms with van der Waals surface area (Å²) in [6.45, 7) is 4.50. The summed E-state index contributed by atoms with van der Waals surface area (Å²) in [4.78, 5) is 15.4. The van der Waals surface area contributed by atoms with Crippen LogP contribution in [-0.4, -0.2) is 17.4 Å². The topological polar surface area (TPSA) is 54.0 Å². The molecule has 2 rings (SSSR count). The lowest BCUT2D eigenvalue weighted by molar-refractivity contribution is -0.114. The van der Waals surface area contributed by atoms with Crippen LogP contribution in [0.2, 0.25) is 0 Å². The van der Waals surface area contributed by atoms with Gasteiger partial charge >= 0.3 is 0 Å². The molecule has 4 nitrogen and oxygen atoms in total. The molecule has 4 heteroatoms. The van der Waals surface area contributed by atoms with Gasteiger partial charge in [-0.25, -0.2) is 4.98 Å². The minimum absolute atomic E-state index is 0.0137. The van der Waals surface area contributed by atoms with Crippen LogP contribution < -0.4 is 10.6 Å². The third-order valence-electron chi connectivity index (χ3n) is 2.27. The van der Waals surface area contributed by atoms with E-state index in [0.717, 1.165) is 17.1 Å². The number of pyridine rings is 1. The third-order valence-corrected chi connectivity index (χ3v) is 2.27. The third kappa shape index (κ3) is 1.55. The molecular weight excluding hydrogens is 178 g/mol. The lowest BCUT2D eigenvalue weighted by Crippen LogP contribution is -2.28. The first-order valence-corrected chi connectivity index (χ1v) is 4.70. The van der Waals surface area contributed by atoms with Crippen molar-refractivity contribution in [1.82, 2.24) is 4.98 Å². The standard InChI is InChI=1S/C10H13N3O/c1-6(2)7-3-8-10(11-4-7)12-5-9(14)13-8/h3-4,6H,5H2,1-2H3,(H,11,12)(H,13,14). The van der Waals surface area contributed by atoms with Gasteiger partial charge in [-0.2, -0.15) is 0 Å². The van der Waals surface area contributed by atoms with Gasteiger partial charge in [0.25, 0.3) is 0 Å². The smallest absolute Gasteiger partial charge is 0.243 e. The number of anilines is 2. The number of nitrogens with zero attached hydrogens (tertiary/aromatic N) is 1. The maximum Gasteiger partial charge on any atom is 0.243 e. The number of nitrogens with one attached hydrogen (secondary N) is 2. The molecule has 0 saturated heterocycles. The number of hydrogen-bond acceptors (Lipinski definition) is 3. The molecule has 1 aromatic rings. The van der Waals surface area contributed by atoms with Crippen molar-refractivity contribution in [3.63, 3.8) is 0 Å². The number of aromatic nitrogens is 1. The fourth-order valence-electron chi connectivity index (χ4n) is 1.39. The quantitative estimate of drug-likeness (QED) is 0.708. The zero-order valence-electron chi connectivity index (χ0n) is 8.29. The van der Waals surface area contributed by atoms with Crippen molar-refractivity contribution in [2.24, 2.45) is 0 Å². The average molecular weight is 191 g/mol. The van der Waals surface area contributed by atoms with Crippen LogP contribution in [0.4, 0.5) is 11.5 Å². The molecule has 0 spiro atoms. The van der Waals surface area contributed by atoms with Gasteiger partial charge in [0.1, 0.15) is 5.82 Å². The Morgan fingerprint density at radius 1 is 1.50 bits per heavy atom. The Morgan fingerprint density at radius 3 is 3.00 bits per heavy atom. The highest BCUT2D eigenvalue weighted by molar-refractivity contribution is 5.99. The van der Waals surface area contributed by atoms with E-state index in [1.54, 1.807) is 0 Å². The summed E-state index contributed by atoms with van der Waals surface area (Å²) in [7, 11) is 0. The Kier molecular flexibility index (Phi) is 2.11. The molecule has 0 atom stereocenters. The Morgan fingerprint density at radius 2 is 2.29 bits per heavy atom.